The fourth-order valence-corrected chi connectivity index (χ4v) is 3.76. The third-order valence-electron chi connectivity index (χ3n) is 4.26. The Morgan fingerprint density at radius 2 is 1.69 bits per heavy atom. The highest BCUT2D eigenvalue weighted by molar-refractivity contribution is 7.91. The van der Waals surface area contributed by atoms with E-state index < -0.39 is 15.7 Å². The molecule has 2 amide bonds. The maximum Gasteiger partial charge on any atom is 0.317 e. The number of urea groups is 1. The number of likely N-dealkylation sites (N-methyl/N-ethyl adjacent to an activating group) is 1. The molecule has 1 N–H and O–H groups in total. The van der Waals surface area contributed by atoms with E-state index in [1.54, 1.807) is 0 Å². The van der Waals surface area contributed by atoms with Gasteiger partial charge in [-0.1, -0.05) is 13.8 Å². The summed E-state index contributed by atoms with van der Waals surface area (Å²) in [5.41, 5.74) is 0. The number of nitrogens with zero attached hydrogens (tertiary/aromatic N) is 2. The van der Waals surface area contributed by atoms with Crippen molar-refractivity contribution in [1.29, 1.82) is 0 Å². The molecule has 0 radical (unpaired) electrons. The monoisotopic (exact) mass is 387 g/mol. The molecule has 1 aromatic carbocycles. The zero-order valence-electron chi connectivity index (χ0n) is 16.0. The van der Waals surface area contributed by atoms with E-state index >= 15 is 0 Å². The number of amides is 2. The molecule has 0 aliphatic carbocycles. The molecule has 6 nitrogen and oxygen atoms in total. The van der Waals surface area contributed by atoms with E-state index in [4.69, 9.17) is 0 Å². The minimum Gasteiger partial charge on any atom is -0.337 e. The van der Waals surface area contributed by atoms with E-state index in [-0.39, 0.29) is 29.3 Å². The van der Waals surface area contributed by atoms with Gasteiger partial charge in [-0.3, -0.25) is 0 Å². The van der Waals surface area contributed by atoms with Crippen LogP contribution in [0.3, 0.4) is 0 Å². The van der Waals surface area contributed by atoms with Crippen LogP contribution in [-0.2, 0) is 9.84 Å². The molecule has 0 heterocycles. The first-order valence-corrected chi connectivity index (χ1v) is 10.6. The molecule has 26 heavy (non-hydrogen) atoms. The normalized spacial score (nSPS) is 11.8. The molecule has 1 aromatic rings. The van der Waals surface area contributed by atoms with Crippen LogP contribution >= 0.6 is 0 Å². The molecule has 0 spiro atoms. The summed E-state index contributed by atoms with van der Waals surface area (Å²) in [5, 5.41) is 2.85. The third-order valence-corrected chi connectivity index (χ3v) is 5.97. The van der Waals surface area contributed by atoms with Crippen molar-refractivity contribution in [3.05, 3.63) is 30.1 Å². The van der Waals surface area contributed by atoms with E-state index in [1.807, 2.05) is 13.8 Å². The van der Waals surface area contributed by atoms with Gasteiger partial charge in [0.2, 0.25) is 0 Å². The summed E-state index contributed by atoms with van der Waals surface area (Å²) in [4.78, 5) is 16.1. The van der Waals surface area contributed by atoms with Gasteiger partial charge in [0.1, 0.15) is 5.82 Å². The number of hydrogen-bond donors (Lipinski definition) is 1. The number of nitrogens with one attached hydrogen (secondary N) is 1. The smallest absolute Gasteiger partial charge is 0.317 e. The highest BCUT2D eigenvalue weighted by atomic mass is 32.2. The van der Waals surface area contributed by atoms with Gasteiger partial charge in [0.15, 0.2) is 9.84 Å². The first-order valence-electron chi connectivity index (χ1n) is 8.96. The van der Waals surface area contributed by atoms with Crippen LogP contribution in [0.5, 0.6) is 0 Å². The number of benzene rings is 1. The standard InChI is InChI=1S/C18H30FN3O3S/c1-5-21(6-2)12-11-20-18(23)22(15(3)4)13-14-26(24,25)17-9-7-16(19)8-10-17/h7-10,15H,5-6,11-14H2,1-4H3,(H,20,23). The molecular formula is C18H30FN3O3S. The molecular weight excluding hydrogens is 357 g/mol. The average Bonchev–Trinajstić information content (AvgIpc) is 2.59. The zero-order valence-corrected chi connectivity index (χ0v) is 16.9. The van der Waals surface area contributed by atoms with Gasteiger partial charge in [-0.25, -0.2) is 17.6 Å². The number of halogens is 1. The van der Waals surface area contributed by atoms with Crippen LogP contribution < -0.4 is 5.32 Å². The highest BCUT2D eigenvalue weighted by Crippen LogP contribution is 2.13. The third kappa shape index (κ3) is 6.92. The van der Waals surface area contributed by atoms with Crippen molar-refractivity contribution in [2.75, 3.05) is 38.5 Å². The first-order chi connectivity index (χ1) is 12.2. The minimum absolute atomic E-state index is 0.0598. The van der Waals surface area contributed by atoms with Crippen LogP contribution in [0.1, 0.15) is 27.7 Å². The number of rotatable bonds is 10. The Morgan fingerprint density at radius 3 is 2.19 bits per heavy atom. The van der Waals surface area contributed by atoms with Gasteiger partial charge in [-0.2, -0.15) is 0 Å². The summed E-state index contributed by atoms with van der Waals surface area (Å²) >= 11 is 0. The van der Waals surface area contributed by atoms with Gasteiger partial charge in [-0.15, -0.1) is 0 Å². The summed E-state index contributed by atoms with van der Waals surface area (Å²) in [5.74, 6) is -0.694. The maximum absolute atomic E-state index is 13.0. The second-order valence-electron chi connectivity index (χ2n) is 6.32. The van der Waals surface area contributed by atoms with Crippen molar-refractivity contribution < 1.29 is 17.6 Å². The number of hydrogen-bond acceptors (Lipinski definition) is 4. The van der Waals surface area contributed by atoms with E-state index in [9.17, 15) is 17.6 Å². The van der Waals surface area contributed by atoms with E-state index in [2.05, 4.69) is 24.1 Å². The van der Waals surface area contributed by atoms with Crippen LogP contribution in [0.2, 0.25) is 0 Å². The van der Waals surface area contributed by atoms with Crippen molar-refractivity contribution in [2.45, 2.75) is 38.6 Å². The van der Waals surface area contributed by atoms with Gasteiger partial charge < -0.3 is 15.1 Å². The Kier molecular flexibility index (Phi) is 9.01. The lowest BCUT2D eigenvalue weighted by Crippen LogP contribution is -2.47. The quantitative estimate of drug-likeness (QED) is 0.626. The van der Waals surface area contributed by atoms with E-state index in [0.717, 1.165) is 31.8 Å². The average molecular weight is 388 g/mol. The van der Waals surface area contributed by atoms with Crippen molar-refractivity contribution in [1.82, 2.24) is 15.1 Å². The Morgan fingerprint density at radius 1 is 1.12 bits per heavy atom. The van der Waals surface area contributed by atoms with Crippen LogP contribution in [0.25, 0.3) is 0 Å². The second-order valence-corrected chi connectivity index (χ2v) is 8.43. The Hall–Kier alpha value is -1.67. The first kappa shape index (κ1) is 22.4. The summed E-state index contributed by atoms with van der Waals surface area (Å²) in [6.45, 7) is 11.0. The minimum atomic E-state index is -3.58. The molecule has 0 aliphatic rings. The van der Waals surface area contributed by atoms with Crippen LogP contribution in [0, 0.1) is 5.82 Å². The van der Waals surface area contributed by atoms with Gasteiger partial charge in [0.25, 0.3) is 0 Å². The molecule has 1 rings (SSSR count). The van der Waals surface area contributed by atoms with Crippen molar-refractivity contribution in [2.24, 2.45) is 0 Å². The van der Waals surface area contributed by atoms with Crippen molar-refractivity contribution in [3.8, 4) is 0 Å². The lowest BCUT2D eigenvalue weighted by Gasteiger charge is -2.27. The van der Waals surface area contributed by atoms with Crippen molar-refractivity contribution in [3.63, 3.8) is 0 Å². The highest BCUT2D eigenvalue weighted by Gasteiger charge is 2.21. The molecule has 0 atom stereocenters. The predicted molar refractivity (Wildman–Crippen MR) is 101 cm³/mol. The van der Waals surface area contributed by atoms with E-state index in [0.29, 0.717) is 6.54 Å². The summed E-state index contributed by atoms with van der Waals surface area (Å²) in [6.07, 6.45) is 0. The Balaban J connectivity index is 2.64. The fourth-order valence-electron chi connectivity index (χ4n) is 2.53. The molecule has 8 heteroatoms. The van der Waals surface area contributed by atoms with E-state index in [1.165, 1.54) is 17.0 Å². The van der Waals surface area contributed by atoms with Crippen LogP contribution in [0.15, 0.2) is 29.2 Å². The second kappa shape index (κ2) is 10.5. The summed E-state index contributed by atoms with van der Waals surface area (Å²) in [7, 11) is -3.58. The number of carbonyl (C=O) groups is 1. The summed E-state index contributed by atoms with van der Waals surface area (Å²) in [6, 6.07) is 4.32. The molecule has 148 valence electrons. The molecule has 0 unspecified atom stereocenters. The molecule has 0 aliphatic heterocycles. The molecule has 0 fully saturated rings. The van der Waals surface area contributed by atoms with Gasteiger partial charge >= 0.3 is 6.03 Å². The van der Waals surface area contributed by atoms with Gasteiger partial charge in [0.05, 0.1) is 10.6 Å². The molecule has 0 saturated heterocycles. The number of carbonyl (C=O) groups excluding carboxylic acids is 1. The lowest BCUT2D eigenvalue weighted by molar-refractivity contribution is 0.185. The topological polar surface area (TPSA) is 69.7 Å². The molecule has 0 aromatic heterocycles. The summed E-state index contributed by atoms with van der Waals surface area (Å²) < 4.78 is 37.7. The predicted octanol–water partition coefficient (Wildman–Crippen LogP) is 2.36. The van der Waals surface area contributed by atoms with Crippen molar-refractivity contribution >= 4 is 15.9 Å². The Labute approximate surface area is 156 Å². The van der Waals surface area contributed by atoms with Crippen LogP contribution in [-0.4, -0.2) is 68.8 Å². The zero-order chi connectivity index (χ0) is 19.7. The van der Waals surface area contributed by atoms with Gasteiger partial charge in [0, 0.05) is 25.7 Å². The fraction of sp³-hybridized carbons (Fsp3) is 0.611. The molecule has 0 bridgehead atoms. The van der Waals surface area contributed by atoms with Crippen LogP contribution in [0.4, 0.5) is 9.18 Å². The largest absolute Gasteiger partial charge is 0.337 e. The lowest BCUT2D eigenvalue weighted by atomic mass is 10.3. The number of sulfone groups is 1. The van der Waals surface area contributed by atoms with Gasteiger partial charge in [-0.05, 0) is 51.2 Å². The molecule has 0 saturated carbocycles. The maximum atomic E-state index is 13.0. The SMILES string of the molecule is CCN(CC)CCNC(=O)N(CCS(=O)(=O)c1ccc(F)cc1)C(C)C. The Bertz CT molecular complexity index is 659.